The minimum Gasteiger partial charge on any atom is -0.296 e. The van der Waals surface area contributed by atoms with E-state index in [9.17, 15) is 18.0 Å². The number of anilines is 1. The Morgan fingerprint density at radius 2 is 1.92 bits per heavy atom. The first-order valence-electron chi connectivity index (χ1n) is 6.35. The SMILES string of the molecule is O=C(Nc1nnc(C(F)(F)F)s1)c1cnn(-c2ccc(Br)cc2)c1. The van der Waals surface area contributed by atoms with Crippen LogP contribution < -0.4 is 5.32 Å². The summed E-state index contributed by atoms with van der Waals surface area (Å²) in [7, 11) is 0. The van der Waals surface area contributed by atoms with Gasteiger partial charge in [0.05, 0.1) is 17.4 Å². The second kappa shape index (κ2) is 6.32. The Balaban J connectivity index is 1.74. The average Bonchev–Trinajstić information content (AvgIpc) is 3.16. The zero-order valence-corrected chi connectivity index (χ0v) is 14.0. The number of carbonyl (C=O) groups is 1. The molecule has 0 aliphatic heterocycles. The minimum absolute atomic E-state index is 0.182. The maximum atomic E-state index is 12.5. The predicted molar refractivity (Wildman–Crippen MR) is 84.1 cm³/mol. The van der Waals surface area contributed by atoms with E-state index in [0.29, 0.717) is 0 Å². The van der Waals surface area contributed by atoms with Crippen molar-refractivity contribution in [3.8, 4) is 5.69 Å². The fourth-order valence-electron chi connectivity index (χ4n) is 1.73. The van der Waals surface area contributed by atoms with Crippen molar-refractivity contribution in [1.82, 2.24) is 20.0 Å². The van der Waals surface area contributed by atoms with Gasteiger partial charge in [0.2, 0.25) is 10.1 Å². The second-order valence-electron chi connectivity index (χ2n) is 4.51. The Morgan fingerprint density at radius 3 is 2.54 bits per heavy atom. The van der Waals surface area contributed by atoms with Gasteiger partial charge in [-0.25, -0.2) is 4.68 Å². The molecule has 3 rings (SSSR count). The van der Waals surface area contributed by atoms with E-state index in [1.165, 1.54) is 17.1 Å². The normalized spacial score (nSPS) is 11.5. The number of benzene rings is 1. The van der Waals surface area contributed by atoms with E-state index in [2.05, 4.69) is 36.5 Å². The smallest absolute Gasteiger partial charge is 0.296 e. The fraction of sp³-hybridized carbons (Fsp3) is 0.0769. The summed E-state index contributed by atoms with van der Waals surface area (Å²) in [6.45, 7) is 0. The lowest BCUT2D eigenvalue weighted by atomic mass is 10.3. The molecule has 0 spiro atoms. The van der Waals surface area contributed by atoms with Crippen molar-refractivity contribution in [2.75, 3.05) is 5.32 Å². The van der Waals surface area contributed by atoms with Crippen LogP contribution in [-0.4, -0.2) is 25.9 Å². The zero-order valence-electron chi connectivity index (χ0n) is 11.6. The molecule has 124 valence electrons. The van der Waals surface area contributed by atoms with Gasteiger partial charge in [-0.05, 0) is 24.3 Å². The molecule has 1 aromatic carbocycles. The molecular weight excluding hydrogens is 411 g/mol. The molecule has 11 heteroatoms. The molecule has 2 heterocycles. The molecule has 3 aromatic rings. The molecule has 0 aliphatic rings. The van der Waals surface area contributed by atoms with Crippen LogP contribution in [0.2, 0.25) is 0 Å². The lowest BCUT2D eigenvalue weighted by Gasteiger charge is -2.00. The molecule has 0 radical (unpaired) electrons. The standard InChI is InChI=1S/C13H7BrF3N5OS/c14-8-1-3-9(4-2-8)22-6-7(5-18-22)10(23)19-12-21-20-11(24-12)13(15,16)17/h1-6H,(H,19,21,23). The van der Waals surface area contributed by atoms with E-state index in [0.717, 1.165) is 10.2 Å². The van der Waals surface area contributed by atoms with Gasteiger partial charge in [0, 0.05) is 10.7 Å². The van der Waals surface area contributed by atoms with Gasteiger partial charge >= 0.3 is 6.18 Å². The number of alkyl halides is 3. The highest BCUT2D eigenvalue weighted by molar-refractivity contribution is 9.10. The Kier molecular flexibility index (Phi) is 4.37. The van der Waals surface area contributed by atoms with Crippen LogP contribution in [0.3, 0.4) is 0 Å². The molecule has 0 saturated carbocycles. The van der Waals surface area contributed by atoms with Gasteiger partial charge in [-0.15, -0.1) is 10.2 Å². The van der Waals surface area contributed by atoms with Crippen LogP contribution in [0.25, 0.3) is 5.69 Å². The molecule has 0 atom stereocenters. The molecule has 2 aromatic heterocycles. The van der Waals surface area contributed by atoms with Crippen LogP contribution in [0.5, 0.6) is 0 Å². The number of amides is 1. The highest BCUT2D eigenvalue weighted by Crippen LogP contribution is 2.33. The summed E-state index contributed by atoms with van der Waals surface area (Å²) in [5, 5.41) is 11.3. The van der Waals surface area contributed by atoms with E-state index in [-0.39, 0.29) is 22.0 Å². The number of hydrogen-bond donors (Lipinski definition) is 1. The summed E-state index contributed by atoms with van der Waals surface area (Å²) >= 11 is 3.57. The Morgan fingerprint density at radius 1 is 1.21 bits per heavy atom. The first-order chi connectivity index (χ1) is 11.3. The number of carbonyl (C=O) groups excluding carboxylic acids is 1. The Hall–Kier alpha value is -2.27. The van der Waals surface area contributed by atoms with Crippen LogP contribution in [0.15, 0.2) is 41.1 Å². The summed E-state index contributed by atoms with van der Waals surface area (Å²) in [5.74, 6) is -0.622. The first-order valence-corrected chi connectivity index (χ1v) is 7.96. The van der Waals surface area contributed by atoms with E-state index in [1.54, 1.807) is 12.1 Å². The summed E-state index contributed by atoms with van der Waals surface area (Å²) in [6, 6.07) is 7.21. The topological polar surface area (TPSA) is 72.7 Å². The quantitative estimate of drug-likeness (QED) is 0.703. The third-order valence-electron chi connectivity index (χ3n) is 2.82. The van der Waals surface area contributed by atoms with E-state index in [4.69, 9.17) is 0 Å². The lowest BCUT2D eigenvalue weighted by molar-refractivity contribution is -0.138. The molecule has 1 amide bonds. The van der Waals surface area contributed by atoms with E-state index < -0.39 is 17.1 Å². The molecule has 0 saturated heterocycles. The van der Waals surface area contributed by atoms with Crippen molar-refractivity contribution in [3.63, 3.8) is 0 Å². The highest BCUT2D eigenvalue weighted by atomic mass is 79.9. The van der Waals surface area contributed by atoms with Crippen LogP contribution in [-0.2, 0) is 6.18 Å². The van der Waals surface area contributed by atoms with Crippen LogP contribution in [0, 0.1) is 0 Å². The van der Waals surface area contributed by atoms with Crippen LogP contribution in [0.4, 0.5) is 18.3 Å². The molecule has 24 heavy (non-hydrogen) atoms. The van der Waals surface area contributed by atoms with Gasteiger partial charge in [-0.1, -0.05) is 27.3 Å². The van der Waals surface area contributed by atoms with Crippen molar-refractivity contribution in [2.45, 2.75) is 6.18 Å². The van der Waals surface area contributed by atoms with E-state index in [1.807, 2.05) is 12.1 Å². The van der Waals surface area contributed by atoms with Gasteiger partial charge in [-0.2, -0.15) is 18.3 Å². The number of aromatic nitrogens is 4. The number of rotatable bonds is 3. The summed E-state index contributed by atoms with van der Waals surface area (Å²) in [4.78, 5) is 12.1. The lowest BCUT2D eigenvalue weighted by Crippen LogP contribution is -2.10. The fourth-order valence-corrected chi connectivity index (χ4v) is 2.60. The van der Waals surface area contributed by atoms with Crippen molar-refractivity contribution in [2.24, 2.45) is 0 Å². The molecule has 1 N–H and O–H groups in total. The first kappa shape index (κ1) is 16.6. The second-order valence-corrected chi connectivity index (χ2v) is 6.41. The largest absolute Gasteiger partial charge is 0.445 e. The third-order valence-corrected chi connectivity index (χ3v) is 4.24. The molecule has 0 bridgehead atoms. The molecule has 0 unspecified atom stereocenters. The maximum Gasteiger partial charge on any atom is 0.445 e. The molecular formula is C13H7BrF3N5OS. The molecule has 6 nitrogen and oxygen atoms in total. The summed E-state index contributed by atoms with van der Waals surface area (Å²) in [5.41, 5.74) is 0.911. The van der Waals surface area contributed by atoms with Gasteiger partial charge in [0.25, 0.3) is 5.91 Å². The van der Waals surface area contributed by atoms with Crippen molar-refractivity contribution in [3.05, 3.63) is 51.7 Å². The van der Waals surface area contributed by atoms with Crippen LogP contribution in [0.1, 0.15) is 15.4 Å². The third kappa shape index (κ3) is 3.62. The maximum absolute atomic E-state index is 12.5. The number of nitrogens with zero attached hydrogens (tertiary/aromatic N) is 4. The molecule has 0 fully saturated rings. The number of hydrogen-bond acceptors (Lipinski definition) is 5. The van der Waals surface area contributed by atoms with Crippen molar-refractivity contribution in [1.29, 1.82) is 0 Å². The van der Waals surface area contributed by atoms with Gasteiger partial charge in [0.15, 0.2) is 0 Å². The van der Waals surface area contributed by atoms with Crippen molar-refractivity contribution >= 4 is 38.3 Å². The monoisotopic (exact) mass is 417 g/mol. The van der Waals surface area contributed by atoms with Crippen molar-refractivity contribution < 1.29 is 18.0 Å². The van der Waals surface area contributed by atoms with Crippen LogP contribution >= 0.6 is 27.3 Å². The number of halogens is 4. The minimum atomic E-state index is -4.59. The Labute approximate surface area is 145 Å². The van der Waals surface area contributed by atoms with Gasteiger partial charge in [-0.3, -0.25) is 10.1 Å². The zero-order chi connectivity index (χ0) is 17.3. The van der Waals surface area contributed by atoms with E-state index >= 15 is 0 Å². The van der Waals surface area contributed by atoms with Gasteiger partial charge < -0.3 is 0 Å². The highest BCUT2D eigenvalue weighted by Gasteiger charge is 2.35. The van der Waals surface area contributed by atoms with Gasteiger partial charge in [0.1, 0.15) is 0 Å². The summed E-state index contributed by atoms with van der Waals surface area (Å²) in [6.07, 6.45) is -1.82. The number of nitrogens with one attached hydrogen (secondary N) is 1. The Bertz CT molecular complexity index is 874. The average molecular weight is 418 g/mol. The molecule has 0 aliphatic carbocycles. The predicted octanol–water partition coefficient (Wildman–Crippen LogP) is 3.76. The summed E-state index contributed by atoms with van der Waals surface area (Å²) < 4.78 is 39.7.